The number of halogens is 1. The van der Waals surface area contributed by atoms with Crippen molar-refractivity contribution in [3.05, 3.63) is 23.5 Å². The molecular formula is C14H16FNO2S. The van der Waals surface area contributed by atoms with E-state index in [-0.39, 0.29) is 11.7 Å². The van der Waals surface area contributed by atoms with Crippen LogP contribution < -0.4 is 9.47 Å². The number of thiocyanates is 1. The maximum atomic E-state index is 14.1. The first-order valence-electron chi connectivity index (χ1n) is 6.36. The zero-order chi connectivity index (χ0) is 13.7. The third kappa shape index (κ3) is 3.32. The molecule has 0 amide bonds. The Balaban J connectivity index is 2.19. The van der Waals surface area contributed by atoms with Gasteiger partial charge in [-0.2, -0.15) is 5.26 Å². The highest BCUT2D eigenvalue weighted by molar-refractivity contribution is 8.03. The van der Waals surface area contributed by atoms with Crippen LogP contribution in [0.5, 0.6) is 11.5 Å². The number of nitrogens with zero attached hydrogens (tertiary/aromatic N) is 1. The number of rotatable bonds is 5. The van der Waals surface area contributed by atoms with E-state index in [1.807, 2.05) is 12.3 Å². The lowest BCUT2D eigenvalue weighted by atomic mass is 9.93. The van der Waals surface area contributed by atoms with Gasteiger partial charge in [0.15, 0.2) is 11.5 Å². The fourth-order valence-electron chi connectivity index (χ4n) is 2.22. The van der Waals surface area contributed by atoms with Crippen molar-refractivity contribution in [3.63, 3.8) is 0 Å². The fourth-order valence-corrected chi connectivity index (χ4v) is 2.71. The Bertz CT molecular complexity index is 487. The molecule has 0 spiro atoms. The molecule has 0 saturated carbocycles. The van der Waals surface area contributed by atoms with Gasteiger partial charge < -0.3 is 9.47 Å². The highest BCUT2D eigenvalue weighted by Gasteiger charge is 2.20. The molecule has 0 fully saturated rings. The predicted molar refractivity (Wildman–Crippen MR) is 73.1 cm³/mol. The van der Waals surface area contributed by atoms with Gasteiger partial charge in [-0.15, -0.1) is 0 Å². The molecule has 1 aromatic rings. The van der Waals surface area contributed by atoms with Crippen molar-refractivity contribution in [2.75, 3.05) is 19.0 Å². The van der Waals surface area contributed by atoms with Crippen LogP contribution in [0.2, 0.25) is 0 Å². The van der Waals surface area contributed by atoms with Gasteiger partial charge in [-0.3, -0.25) is 0 Å². The zero-order valence-corrected chi connectivity index (χ0v) is 11.6. The van der Waals surface area contributed by atoms with Crippen molar-refractivity contribution in [1.82, 2.24) is 0 Å². The molecule has 0 bridgehead atoms. The molecule has 19 heavy (non-hydrogen) atoms. The van der Waals surface area contributed by atoms with Gasteiger partial charge >= 0.3 is 0 Å². The molecule has 0 aliphatic carbocycles. The minimum atomic E-state index is -0.252. The Morgan fingerprint density at radius 2 is 2.05 bits per heavy atom. The van der Waals surface area contributed by atoms with Crippen molar-refractivity contribution in [2.45, 2.75) is 25.7 Å². The number of fused-ring (bicyclic) bond motifs is 1. The van der Waals surface area contributed by atoms with E-state index in [0.717, 1.165) is 12.8 Å². The van der Waals surface area contributed by atoms with Gasteiger partial charge in [0.25, 0.3) is 0 Å². The molecule has 0 aromatic heterocycles. The van der Waals surface area contributed by atoms with Crippen molar-refractivity contribution in [2.24, 2.45) is 0 Å². The zero-order valence-electron chi connectivity index (χ0n) is 10.8. The lowest BCUT2D eigenvalue weighted by molar-refractivity contribution is 0.170. The summed E-state index contributed by atoms with van der Waals surface area (Å²) in [7, 11) is 0. The van der Waals surface area contributed by atoms with Gasteiger partial charge in [-0.25, -0.2) is 4.39 Å². The molecule has 3 nitrogen and oxygen atoms in total. The summed E-state index contributed by atoms with van der Waals surface area (Å²) < 4.78 is 25.0. The number of nitriles is 1. The van der Waals surface area contributed by atoms with Gasteiger partial charge in [0.2, 0.25) is 0 Å². The number of thioether (sulfide) groups is 1. The number of benzene rings is 1. The summed E-state index contributed by atoms with van der Waals surface area (Å²) in [5.74, 6) is 1.67. The third-order valence-corrected chi connectivity index (χ3v) is 3.80. The molecule has 0 radical (unpaired) electrons. The molecule has 1 aliphatic rings. The van der Waals surface area contributed by atoms with E-state index in [2.05, 4.69) is 0 Å². The largest absolute Gasteiger partial charge is 0.486 e. The molecule has 0 N–H and O–H groups in total. The van der Waals surface area contributed by atoms with Crippen LogP contribution in [0.3, 0.4) is 0 Å². The van der Waals surface area contributed by atoms with Crippen molar-refractivity contribution >= 4 is 11.8 Å². The van der Waals surface area contributed by atoms with E-state index in [9.17, 15) is 4.39 Å². The Labute approximate surface area is 116 Å². The van der Waals surface area contributed by atoms with Crippen LogP contribution in [0.25, 0.3) is 0 Å². The SMILES string of the molecule is CCC(CCSC#N)c1cc2c(cc1F)OCCO2. The topological polar surface area (TPSA) is 42.2 Å². The molecule has 1 atom stereocenters. The summed E-state index contributed by atoms with van der Waals surface area (Å²) in [5, 5.41) is 10.6. The van der Waals surface area contributed by atoms with E-state index in [4.69, 9.17) is 14.7 Å². The molecule has 2 rings (SSSR count). The maximum absolute atomic E-state index is 14.1. The van der Waals surface area contributed by atoms with Crippen LogP contribution in [0.4, 0.5) is 4.39 Å². The molecule has 102 valence electrons. The maximum Gasteiger partial charge on any atom is 0.164 e. The smallest absolute Gasteiger partial charge is 0.164 e. The lowest BCUT2D eigenvalue weighted by Crippen LogP contribution is -2.16. The van der Waals surface area contributed by atoms with Gasteiger partial charge in [-0.05, 0) is 42.2 Å². The van der Waals surface area contributed by atoms with Crippen LogP contribution in [0.15, 0.2) is 12.1 Å². The van der Waals surface area contributed by atoms with Gasteiger partial charge in [-0.1, -0.05) is 6.92 Å². The molecule has 5 heteroatoms. The van der Waals surface area contributed by atoms with Crippen molar-refractivity contribution in [3.8, 4) is 16.9 Å². The highest BCUT2D eigenvalue weighted by Crippen LogP contribution is 2.37. The van der Waals surface area contributed by atoms with Gasteiger partial charge in [0.05, 0.1) is 0 Å². The summed E-state index contributed by atoms with van der Waals surface area (Å²) in [5.41, 5.74) is 0.658. The molecule has 1 heterocycles. The molecule has 1 unspecified atom stereocenters. The summed E-state index contributed by atoms with van der Waals surface area (Å²) in [6.45, 7) is 2.99. The highest BCUT2D eigenvalue weighted by atomic mass is 32.2. The quantitative estimate of drug-likeness (QED) is 0.609. The molecule has 1 aromatic carbocycles. The number of ether oxygens (including phenoxy) is 2. The first-order valence-corrected chi connectivity index (χ1v) is 7.34. The van der Waals surface area contributed by atoms with Crippen LogP contribution >= 0.6 is 11.8 Å². The summed E-state index contributed by atoms with van der Waals surface area (Å²) in [6.07, 6.45) is 1.62. The lowest BCUT2D eigenvalue weighted by Gasteiger charge is -2.22. The van der Waals surface area contributed by atoms with Crippen LogP contribution in [0, 0.1) is 16.5 Å². The van der Waals surface area contributed by atoms with E-state index >= 15 is 0 Å². The number of hydrogen-bond donors (Lipinski definition) is 0. The number of hydrogen-bond acceptors (Lipinski definition) is 4. The summed E-state index contributed by atoms with van der Waals surface area (Å²) in [4.78, 5) is 0. The standard InChI is InChI=1S/C14H16FNO2S/c1-2-10(3-6-19-9-16)11-7-13-14(8-12(11)15)18-5-4-17-13/h7-8,10H,2-6H2,1H3. The van der Waals surface area contributed by atoms with Crippen LogP contribution in [-0.4, -0.2) is 19.0 Å². The Hall–Kier alpha value is -1.41. The predicted octanol–water partition coefficient (Wildman–Crippen LogP) is 3.69. The average Bonchev–Trinajstić information content (AvgIpc) is 2.43. The molecule has 0 saturated heterocycles. The normalized spacial score (nSPS) is 14.8. The third-order valence-electron chi connectivity index (χ3n) is 3.23. The van der Waals surface area contributed by atoms with Crippen molar-refractivity contribution < 1.29 is 13.9 Å². The van der Waals surface area contributed by atoms with Gasteiger partial charge in [0, 0.05) is 11.8 Å². The second kappa shape index (κ2) is 6.67. The minimum absolute atomic E-state index is 0.108. The molecular weight excluding hydrogens is 265 g/mol. The summed E-state index contributed by atoms with van der Waals surface area (Å²) in [6, 6.07) is 3.15. The Kier molecular flexibility index (Phi) is 4.92. The Morgan fingerprint density at radius 1 is 1.37 bits per heavy atom. The van der Waals surface area contributed by atoms with E-state index < -0.39 is 0 Å². The second-order valence-corrected chi connectivity index (χ2v) is 5.23. The first kappa shape index (κ1) is 14.0. The monoisotopic (exact) mass is 281 g/mol. The van der Waals surface area contributed by atoms with Crippen molar-refractivity contribution in [1.29, 1.82) is 5.26 Å². The van der Waals surface area contributed by atoms with Crippen LogP contribution in [-0.2, 0) is 0 Å². The minimum Gasteiger partial charge on any atom is -0.486 e. The fraction of sp³-hybridized carbons (Fsp3) is 0.500. The Morgan fingerprint density at radius 3 is 2.68 bits per heavy atom. The van der Waals surface area contributed by atoms with E-state index in [0.29, 0.717) is 36.0 Å². The van der Waals surface area contributed by atoms with E-state index in [1.165, 1.54) is 17.8 Å². The summed E-state index contributed by atoms with van der Waals surface area (Å²) >= 11 is 1.21. The van der Waals surface area contributed by atoms with E-state index in [1.54, 1.807) is 6.07 Å². The van der Waals surface area contributed by atoms with Gasteiger partial charge in [0.1, 0.15) is 24.4 Å². The second-order valence-electron chi connectivity index (χ2n) is 4.35. The van der Waals surface area contributed by atoms with Crippen LogP contribution in [0.1, 0.15) is 31.2 Å². The average molecular weight is 281 g/mol. The molecule has 1 aliphatic heterocycles. The first-order chi connectivity index (χ1) is 9.26.